The molecule has 1 saturated carbocycles. The molecule has 10 aromatic rings. The highest BCUT2D eigenvalue weighted by Crippen LogP contribution is 2.65. The number of furan rings is 2. The van der Waals surface area contributed by atoms with E-state index in [9.17, 15) is 0 Å². The first-order valence-electron chi connectivity index (χ1n) is 21.8. The Morgan fingerprint density at radius 2 is 1.11 bits per heavy atom. The quantitative estimate of drug-likeness (QED) is 0.167. The average molecular weight is 785 g/mol. The first-order valence-corrected chi connectivity index (χ1v) is 21.8. The van der Waals surface area contributed by atoms with Gasteiger partial charge in [-0.05, 0) is 108 Å². The summed E-state index contributed by atoms with van der Waals surface area (Å²) < 4.78 is 13.3. The van der Waals surface area contributed by atoms with E-state index in [-0.39, 0.29) is 16.7 Å². The van der Waals surface area contributed by atoms with Gasteiger partial charge in [0.15, 0.2) is 0 Å². The molecule has 2 heteroatoms. The zero-order valence-corrected chi connectivity index (χ0v) is 34.8. The first kappa shape index (κ1) is 34.9. The third-order valence-electron chi connectivity index (χ3n) is 15.0. The fourth-order valence-corrected chi connectivity index (χ4v) is 12.2. The molecule has 292 valence electrons. The largest absolute Gasteiger partial charge is 0.456 e. The van der Waals surface area contributed by atoms with Crippen molar-refractivity contribution in [2.75, 3.05) is 0 Å². The summed E-state index contributed by atoms with van der Waals surface area (Å²) in [6.45, 7) is 9.81. The van der Waals surface area contributed by atoms with Gasteiger partial charge >= 0.3 is 0 Å². The van der Waals surface area contributed by atoms with Crippen molar-refractivity contribution in [1.29, 1.82) is 0 Å². The number of hydrogen-bond donors (Lipinski definition) is 0. The lowest BCUT2D eigenvalue weighted by Crippen LogP contribution is -2.35. The third kappa shape index (κ3) is 4.68. The van der Waals surface area contributed by atoms with Crippen LogP contribution >= 0.6 is 0 Å². The molecule has 2 heterocycles. The van der Waals surface area contributed by atoms with E-state index in [2.05, 4.69) is 198 Å². The number of rotatable bonds is 3. The van der Waals surface area contributed by atoms with Crippen LogP contribution in [0.25, 0.3) is 93.8 Å². The van der Waals surface area contributed by atoms with E-state index in [1.165, 1.54) is 71.5 Å². The minimum atomic E-state index is -0.0833. The molecule has 2 nitrogen and oxygen atoms in total. The van der Waals surface area contributed by atoms with Crippen LogP contribution in [0.2, 0.25) is 0 Å². The Hall–Kier alpha value is -6.90. The summed E-state index contributed by atoms with van der Waals surface area (Å²) in [7, 11) is 0. The fourth-order valence-electron chi connectivity index (χ4n) is 12.2. The third-order valence-corrected chi connectivity index (χ3v) is 15.0. The Kier molecular flexibility index (Phi) is 7.06. The van der Waals surface area contributed by atoms with Crippen molar-refractivity contribution in [1.82, 2.24) is 0 Å². The minimum Gasteiger partial charge on any atom is -0.456 e. The SMILES string of the molecule is CC1C=C2C(=CC1c1ccc3oc4ccc(-c5c6ccccc6c(-c6cccc7c6oc6ccccc67)c6ccccc56)cc4c3c1)C1(C)c3ccccc3C=CC1C2(C)C. The molecule has 13 rings (SSSR count). The van der Waals surface area contributed by atoms with Crippen molar-refractivity contribution in [3.05, 3.63) is 198 Å². The zero-order valence-electron chi connectivity index (χ0n) is 34.8. The van der Waals surface area contributed by atoms with Gasteiger partial charge < -0.3 is 8.83 Å². The standard InChI is InChI=1S/C59H44O2/c1-34-30-49-50(59(4)48-22-11-5-14-35(48)26-29-54(59)58(49,2)3)33-45(34)36-24-27-52-46(31-36)47-32-37(25-28-53(47)60-52)55-39-16-6-8-18-41(39)56(42-19-9-7-17-40(42)55)44-21-13-20-43-38-15-10-12-23-51(38)61-57(43)44/h5-34,45,54H,1-4H3. The molecule has 8 aromatic carbocycles. The zero-order chi connectivity index (χ0) is 40.8. The maximum absolute atomic E-state index is 6.64. The van der Waals surface area contributed by atoms with Crippen molar-refractivity contribution >= 4 is 71.5 Å². The van der Waals surface area contributed by atoms with Crippen molar-refractivity contribution < 1.29 is 8.83 Å². The van der Waals surface area contributed by atoms with Crippen LogP contribution in [-0.4, -0.2) is 0 Å². The van der Waals surface area contributed by atoms with Crippen LogP contribution in [0.5, 0.6) is 0 Å². The Bertz CT molecular complexity index is 3560. The Morgan fingerprint density at radius 3 is 1.89 bits per heavy atom. The molecule has 0 amide bonds. The molecule has 0 spiro atoms. The molecule has 1 fully saturated rings. The van der Waals surface area contributed by atoms with Crippen LogP contribution < -0.4 is 0 Å². The Balaban J connectivity index is 0.982. The highest BCUT2D eigenvalue weighted by Gasteiger charge is 2.58. The summed E-state index contributed by atoms with van der Waals surface area (Å²) in [6.07, 6.45) is 10.1. The molecule has 0 N–H and O–H groups in total. The molecule has 3 aliphatic rings. The molecule has 4 unspecified atom stereocenters. The highest BCUT2D eigenvalue weighted by atomic mass is 16.3. The van der Waals surface area contributed by atoms with Crippen LogP contribution in [0.1, 0.15) is 50.3 Å². The molecular formula is C59H44O2. The number of hydrogen-bond acceptors (Lipinski definition) is 2. The molecule has 2 aromatic heterocycles. The van der Waals surface area contributed by atoms with Crippen molar-refractivity contribution in [3.63, 3.8) is 0 Å². The molecule has 3 aliphatic carbocycles. The van der Waals surface area contributed by atoms with Gasteiger partial charge in [0, 0.05) is 44.0 Å². The molecule has 4 atom stereocenters. The van der Waals surface area contributed by atoms with Crippen molar-refractivity contribution in [2.24, 2.45) is 17.3 Å². The summed E-state index contributed by atoms with van der Waals surface area (Å²) in [5.74, 6) is 1.00. The summed E-state index contributed by atoms with van der Waals surface area (Å²) in [5, 5.41) is 9.43. The summed E-state index contributed by atoms with van der Waals surface area (Å²) in [4.78, 5) is 0. The minimum absolute atomic E-state index is 0.0399. The lowest BCUT2D eigenvalue weighted by atomic mass is 9.63. The van der Waals surface area contributed by atoms with Gasteiger partial charge in [0.2, 0.25) is 0 Å². The first-order chi connectivity index (χ1) is 29.8. The van der Waals surface area contributed by atoms with Gasteiger partial charge in [0.05, 0.1) is 0 Å². The maximum atomic E-state index is 6.64. The van der Waals surface area contributed by atoms with Crippen LogP contribution in [0.4, 0.5) is 0 Å². The highest BCUT2D eigenvalue weighted by molar-refractivity contribution is 6.24. The van der Waals surface area contributed by atoms with Gasteiger partial charge in [-0.2, -0.15) is 0 Å². The molecular weight excluding hydrogens is 741 g/mol. The molecule has 0 saturated heterocycles. The van der Waals surface area contributed by atoms with Crippen LogP contribution in [0.3, 0.4) is 0 Å². The monoisotopic (exact) mass is 784 g/mol. The number of para-hydroxylation sites is 2. The van der Waals surface area contributed by atoms with Gasteiger partial charge in [0.1, 0.15) is 22.3 Å². The second-order valence-corrected chi connectivity index (χ2v) is 18.6. The molecule has 0 radical (unpaired) electrons. The summed E-state index contributed by atoms with van der Waals surface area (Å²) >= 11 is 0. The van der Waals surface area contributed by atoms with E-state index < -0.39 is 0 Å². The number of benzene rings is 8. The topological polar surface area (TPSA) is 26.3 Å². The van der Waals surface area contributed by atoms with Gasteiger partial charge in [0.25, 0.3) is 0 Å². The fraction of sp³-hybridized carbons (Fsp3) is 0.153. The lowest BCUT2D eigenvalue weighted by Gasteiger charge is -2.40. The van der Waals surface area contributed by atoms with E-state index in [4.69, 9.17) is 8.83 Å². The summed E-state index contributed by atoms with van der Waals surface area (Å²) in [5.41, 5.74) is 15.5. The van der Waals surface area contributed by atoms with Gasteiger partial charge in [-0.1, -0.05) is 173 Å². The number of allylic oxidation sites excluding steroid dienone is 5. The molecule has 0 bridgehead atoms. The van der Waals surface area contributed by atoms with E-state index in [1.54, 1.807) is 0 Å². The predicted octanol–water partition coefficient (Wildman–Crippen LogP) is 16.4. The van der Waals surface area contributed by atoms with E-state index >= 15 is 0 Å². The van der Waals surface area contributed by atoms with E-state index in [0.29, 0.717) is 11.8 Å². The normalized spacial score (nSPS) is 21.6. The average Bonchev–Trinajstić information content (AvgIpc) is 3.91. The van der Waals surface area contributed by atoms with Gasteiger partial charge in [-0.25, -0.2) is 0 Å². The molecule has 61 heavy (non-hydrogen) atoms. The second-order valence-electron chi connectivity index (χ2n) is 18.6. The lowest BCUT2D eigenvalue weighted by molar-refractivity contribution is 0.285. The van der Waals surface area contributed by atoms with Gasteiger partial charge in [-0.3, -0.25) is 0 Å². The predicted molar refractivity (Wildman–Crippen MR) is 255 cm³/mol. The second kappa shape index (κ2) is 12.3. The van der Waals surface area contributed by atoms with Crippen molar-refractivity contribution in [2.45, 2.75) is 39.0 Å². The van der Waals surface area contributed by atoms with Crippen LogP contribution in [0, 0.1) is 17.3 Å². The maximum Gasteiger partial charge on any atom is 0.143 e. The van der Waals surface area contributed by atoms with E-state index in [0.717, 1.165) is 44.1 Å². The summed E-state index contributed by atoms with van der Waals surface area (Å²) in [6, 6.07) is 55.4. The smallest absolute Gasteiger partial charge is 0.143 e. The van der Waals surface area contributed by atoms with Crippen LogP contribution in [-0.2, 0) is 5.41 Å². The van der Waals surface area contributed by atoms with Crippen molar-refractivity contribution in [3.8, 4) is 22.3 Å². The number of fused-ring (bicyclic) bond motifs is 13. The Labute approximate surface area is 355 Å². The van der Waals surface area contributed by atoms with Crippen LogP contribution in [0.15, 0.2) is 190 Å². The van der Waals surface area contributed by atoms with Gasteiger partial charge in [-0.15, -0.1) is 0 Å². The molecule has 0 aliphatic heterocycles. The Morgan fingerprint density at radius 1 is 0.492 bits per heavy atom. The van der Waals surface area contributed by atoms with E-state index in [1.807, 2.05) is 6.07 Å².